The molecular weight excluding hydrogens is 261 g/mol. The van der Waals surface area contributed by atoms with Crippen LogP contribution in [-0.2, 0) is 14.8 Å². The second kappa shape index (κ2) is 6.24. The highest BCUT2D eigenvalue weighted by molar-refractivity contribution is 7.89. The van der Waals surface area contributed by atoms with Crippen LogP contribution in [0.15, 0.2) is 23.1 Å². The standard InChI is InChI=1S/C11H16FNO4S/c1-8-3-4-10(5-11(8)12)18(15,16)13-9(6-14)7-17-2/h3-5,9,13-14H,6-7H2,1-2H3. The molecule has 7 heteroatoms. The summed E-state index contributed by atoms with van der Waals surface area (Å²) in [5.74, 6) is -0.592. The third kappa shape index (κ3) is 3.74. The molecule has 1 aromatic carbocycles. The Labute approximate surface area is 106 Å². The molecule has 1 rings (SSSR count). The van der Waals surface area contributed by atoms with Crippen molar-refractivity contribution in [3.05, 3.63) is 29.6 Å². The van der Waals surface area contributed by atoms with Crippen molar-refractivity contribution in [1.82, 2.24) is 4.72 Å². The number of hydrogen-bond acceptors (Lipinski definition) is 4. The van der Waals surface area contributed by atoms with Crippen molar-refractivity contribution >= 4 is 10.0 Å². The summed E-state index contributed by atoms with van der Waals surface area (Å²) in [5, 5.41) is 8.99. The van der Waals surface area contributed by atoms with Crippen molar-refractivity contribution in [3.63, 3.8) is 0 Å². The van der Waals surface area contributed by atoms with Crippen molar-refractivity contribution in [1.29, 1.82) is 0 Å². The van der Waals surface area contributed by atoms with Crippen LogP contribution in [0.5, 0.6) is 0 Å². The van der Waals surface area contributed by atoms with E-state index in [1.54, 1.807) is 6.92 Å². The van der Waals surface area contributed by atoms with E-state index in [-0.39, 0.29) is 11.5 Å². The van der Waals surface area contributed by atoms with Gasteiger partial charge in [-0.2, -0.15) is 0 Å². The van der Waals surface area contributed by atoms with E-state index in [1.807, 2.05) is 0 Å². The first kappa shape index (κ1) is 15.0. The second-order valence-corrected chi connectivity index (χ2v) is 5.58. The van der Waals surface area contributed by atoms with Gasteiger partial charge in [-0.15, -0.1) is 0 Å². The first-order valence-electron chi connectivity index (χ1n) is 5.29. The summed E-state index contributed by atoms with van der Waals surface area (Å²) in [6.45, 7) is 1.17. The average molecular weight is 277 g/mol. The molecule has 0 fully saturated rings. The normalized spacial score (nSPS) is 13.6. The molecule has 0 bridgehead atoms. The van der Waals surface area contributed by atoms with Crippen LogP contribution in [0.3, 0.4) is 0 Å². The molecule has 2 N–H and O–H groups in total. The highest BCUT2D eigenvalue weighted by atomic mass is 32.2. The lowest BCUT2D eigenvalue weighted by Crippen LogP contribution is -2.40. The van der Waals surface area contributed by atoms with Gasteiger partial charge in [-0.25, -0.2) is 17.5 Å². The fourth-order valence-electron chi connectivity index (χ4n) is 1.35. The summed E-state index contributed by atoms with van der Waals surface area (Å²) >= 11 is 0. The Kier molecular flexibility index (Phi) is 5.21. The number of aryl methyl sites for hydroxylation is 1. The minimum absolute atomic E-state index is 0.0318. The Morgan fingerprint density at radius 1 is 1.50 bits per heavy atom. The zero-order valence-corrected chi connectivity index (χ0v) is 11.0. The number of benzene rings is 1. The van der Waals surface area contributed by atoms with E-state index in [4.69, 9.17) is 9.84 Å². The van der Waals surface area contributed by atoms with E-state index in [1.165, 1.54) is 19.2 Å². The van der Waals surface area contributed by atoms with E-state index in [2.05, 4.69) is 4.72 Å². The minimum atomic E-state index is -3.86. The maximum atomic E-state index is 13.3. The molecule has 0 amide bonds. The number of aliphatic hydroxyl groups excluding tert-OH is 1. The summed E-state index contributed by atoms with van der Waals surface area (Å²) in [6.07, 6.45) is 0. The van der Waals surface area contributed by atoms with E-state index in [9.17, 15) is 12.8 Å². The lowest BCUT2D eigenvalue weighted by Gasteiger charge is -2.15. The van der Waals surface area contributed by atoms with E-state index >= 15 is 0 Å². The molecular formula is C11H16FNO4S. The monoisotopic (exact) mass is 277 g/mol. The molecule has 0 aromatic heterocycles. The number of aliphatic hydroxyl groups is 1. The number of ether oxygens (including phenoxy) is 1. The van der Waals surface area contributed by atoms with Gasteiger partial charge in [0.2, 0.25) is 10.0 Å². The fourth-order valence-corrected chi connectivity index (χ4v) is 2.58. The van der Waals surface area contributed by atoms with Gasteiger partial charge in [0, 0.05) is 7.11 Å². The van der Waals surface area contributed by atoms with Crippen LogP contribution < -0.4 is 4.72 Å². The maximum absolute atomic E-state index is 13.3. The third-order valence-corrected chi connectivity index (χ3v) is 3.88. The van der Waals surface area contributed by atoms with Crippen molar-refractivity contribution in [3.8, 4) is 0 Å². The van der Waals surface area contributed by atoms with E-state index in [0.29, 0.717) is 5.56 Å². The topological polar surface area (TPSA) is 75.6 Å². The highest BCUT2D eigenvalue weighted by Gasteiger charge is 2.20. The van der Waals surface area contributed by atoms with Gasteiger partial charge in [0.1, 0.15) is 5.82 Å². The Bertz CT molecular complexity index is 504. The van der Waals surface area contributed by atoms with Gasteiger partial charge in [0.15, 0.2) is 0 Å². The largest absolute Gasteiger partial charge is 0.395 e. The van der Waals surface area contributed by atoms with Gasteiger partial charge in [-0.05, 0) is 24.6 Å². The van der Waals surface area contributed by atoms with Gasteiger partial charge in [-0.1, -0.05) is 6.07 Å². The summed E-state index contributed by atoms with van der Waals surface area (Å²) in [6, 6.07) is 2.87. The predicted octanol–water partition coefficient (Wildman–Crippen LogP) is 0.420. The predicted molar refractivity (Wildman–Crippen MR) is 64.2 cm³/mol. The van der Waals surface area contributed by atoms with Crippen LogP contribution in [0, 0.1) is 12.7 Å². The van der Waals surface area contributed by atoms with E-state index < -0.39 is 28.5 Å². The zero-order valence-electron chi connectivity index (χ0n) is 10.2. The Morgan fingerprint density at radius 2 is 2.17 bits per heavy atom. The third-order valence-electron chi connectivity index (χ3n) is 2.36. The van der Waals surface area contributed by atoms with Crippen LogP contribution in [-0.4, -0.2) is 39.9 Å². The molecule has 5 nitrogen and oxygen atoms in total. The molecule has 0 heterocycles. The number of hydrogen-bond donors (Lipinski definition) is 2. The Balaban J connectivity index is 2.95. The van der Waals surface area contributed by atoms with Crippen LogP contribution in [0.4, 0.5) is 4.39 Å². The minimum Gasteiger partial charge on any atom is -0.395 e. The summed E-state index contributed by atoms with van der Waals surface area (Å²) in [5.41, 5.74) is 0.365. The second-order valence-electron chi connectivity index (χ2n) is 3.87. The lowest BCUT2D eigenvalue weighted by molar-refractivity contribution is 0.139. The van der Waals surface area contributed by atoms with Gasteiger partial charge >= 0.3 is 0 Å². The van der Waals surface area contributed by atoms with Crippen molar-refractivity contribution in [2.24, 2.45) is 0 Å². The van der Waals surface area contributed by atoms with E-state index in [0.717, 1.165) is 6.07 Å². The average Bonchev–Trinajstić information content (AvgIpc) is 2.31. The molecule has 0 aliphatic rings. The fraction of sp³-hybridized carbons (Fsp3) is 0.455. The molecule has 102 valence electrons. The van der Waals surface area contributed by atoms with Crippen LogP contribution in [0.25, 0.3) is 0 Å². The summed E-state index contributed by atoms with van der Waals surface area (Å²) in [7, 11) is -2.47. The zero-order chi connectivity index (χ0) is 13.8. The molecule has 0 aliphatic carbocycles. The van der Waals surface area contributed by atoms with Crippen LogP contribution in [0.2, 0.25) is 0 Å². The van der Waals surface area contributed by atoms with Crippen molar-refractivity contribution in [2.45, 2.75) is 17.9 Å². The number of sulfonamides is 1. The summed E-state index contributed by atoms with van der Waals surface area (Å²) in [4.78, 5) is -0.180. The number of rotatable bonds is 6. The van der Waals surface area contributed by atoms with Gasteiger partial charge in [0.25, 0.3) is 0 Å². The molecule has 0 spiro atoms. The molecule has 0 aliphatic heterocycles. The molecule has 1 atom stereocenters. The van der Waals surface area contributed by atoms with Crippen molar-refractivity contribution < 1.29 is 22.7 Å². The Morgan fingerprint density at radius 3 is 2.67 bits per heavy atom. The SMILES string of the molecule is COCC(CO)NS(=O)(=O)c1ccc(C)c(F)c1. The molecule has 0 radical (unpaired) electrons. The maximum Gasteiger partial charge on any atom is 0.241 e. The molecule has 0 saturated heterocycles. The molecule has 1 unspecified atom stereocenters. The number of halogens is 1. The lowest BCUT2D eigenvalue weighted by atomic mass is 10.2. The molecule has 1 aromatic rings. The highest BCUT2D eigenvalue weighted by Crippen LogP contribution is 2.14. The van der Waals surface area contributed by atoms with Gasteiger partial charge in [0.05, 0.1) is 24.2 Å². The molecule has 0 saturated carbocycles. The van der Waals surface area contributed by atoms with Crippen molar-refractivity contribution in [2.75, 3.05) is 20.3 Å². The number of nitrogens with one attached hydrogen (secondary N) is 1. The van der Waals surface area contributed by atoms with Crippen LogP contribution >= 0.6 is 0 Å². The van der Waals surface area contributed by atoms with Gasteiger partial charge in [-0.3, -0.25) is 0 Å². The first-order valence-corrected chi connectivity index (χ1v) is 6.77. The number of methoxy groups -OCH3 is 1. The van der Waals surface area contributed by atoms with Gasteiger partial charge < -0.3 is 9.84 Å². The first-order chi connectivity index (χ1) is 8.40. The van der Waals surface area contributed by atoms with Crippen LogP contribution in [0.1, 0.15) is 5.56 Å². The summed E-state index contributed by atoms with van der Waals surface area (Å²) < 4.78 is 44.1. The Hall–Kier alpha value is -1.02. The molecule has 18 heavy (non-hydrogen) atoms. The quantitative estimate of drug-likeness (QED) is 0.790. The smallest absolute Gasteiger partial charge is 0.241 e.